The van der Waals surface area contributed by atoms with Crippen molar-refractivity contribution in [3.63, 3.8) is 0 Å². The third-order valence-corrected chi connectivity index (χ3v) is 3.79. The van der Waals surface area contributed by atoms with Gasteiger partial charge in [0.1, 0.15) is 12.4 Å². The van der Waals surface area contributed by atoms with Gasteiger partial charge in [-0.3, -0.25) is 0 Å². The van der Waals surface area contributed by atoms with Gasteiger partial charge in [0, 0.05) is 6.54 Å². The van der Waals surface area contributed by atoms with Crippen molar-refractivity contribution in [3.8, 4) is 5.75 Å². The second kappa shape index (κ2) is 4.16. The summed E-state index contributed by atoms with van der Waals surface area (Å²) in [6, 6.07) is 7.00. The van der Waals surface area contributed by atoms with E-state index in [2.05, 4.69) is 43.9 Å². The number of fused-ring (bicyclic) bond motifs is 3. The monoisotopic (exact) mass is 247 g/mol. The fourth-order valence-corrected chi connectivity index (χ4v) is 2.63. The first-order chi connectivity index (χ1) is 8.55. The zero-order valence-electron chi connectivity index (χ0n) is 11.4. The van der Waals surface area contributed by atoms with Crippen LogP contribution in [0.15, 0.2) is 18.2 Å². The molecule has 2 aliphatic rings. The Morgan fingerprint density at radius 2 is 2.06 bits per heavy atom. The van der Waals surface area contributed by atoms with Gasteiger partial charge in [0.2, 0.25) is 0 Å². The lowest BCUT2D eigenvalue weighted by atomic mass is 9.86. The van der Waals surface area contributed by atoms with E-state index in [0.717, 1.165) is 32.1 Å². The van der Waals surface area contributed by atoms with Crippen molar-refractivity contribution >= 4 is 5.69 Å². The molecule has 1 aromatic carbocycles. The fourth-order valence-electron chi connectivity index (χ4n) is 2.63. The van der Waals surface area contributed by atoms with E-state index in [1.54, 1.807) is 0 Å². The molecule has 18 heavy (non-hydrogen) atoms. The van der Waals surface area contributed by atoms with Crippen LogP contribution in [0.1, 0.15) is 26.3 Å². The molecule has 0 radical (unpaired) electrons. The van der Waals surface area contributed by atoms with Crippen molar-refractivity contribution in [2.45, 2.75) is 32.2 Å². The summed E-state index contributed by atoms with van der Waals surface area (Å²) in [5.74, 6) is 1.03. The first kappa shape index (κ1) is 11.8. The molecule has 0 bridgehead atoms. The zero-order chi connectivity index (χ0) is 12.8. The lowest BCUT2D eigenvalue weighted by molar-refractivity contribution is 0.0705. The largest absolute Gasteiger partial charge is 0.489 e. The Morgan fingerprint density at radius 1 is 1.22 bits per heavy atom. The van der Waals surface area contributed by atoms with E-state index < -0.39 is 0 Å². The number of hydrogen-bond donors (Lipinski definition) is 0. The van der Waals surface area contributed by atoms with E-state index in [1.807, 2.05) is 0 Å². The van der Waals surface area contributed by atoms with Crippen molar-refractivity contribution in [2.24, 2.45) is 0 Å². The van der Waals surface area contributed by atoms with Gasteiger partial charge in [-0.1, -0.05) is 26.8 Å². The van der Waals surface area contributed by atoms with E-state index >= 15 is 0 Å². The standard InChI is InChI=1S/C15H21NO2/c1-15(2,3)11-4-5-13-14(8-11)18-10-12-9-17-7-6-16(12)13/h4-5,8,12H,6-7,9-10H2,1-3H3. The van der Waals surface area contributed by atoms with Gasteiger partial charge in [0.25, 0.3) is 0 Å². The highest BCUT2D eigenvalue weighted by Gasteiger charge is 2.31. The van der Waals surface area contributed by atoms with Crippen LogP contribution in [0.5, 0.6) is 5.75 Å². The number of anilines is 1. The van der Waals surface area contributed by atoms with E-state index in [0.29, 0.717) is 6.04 Å². The minimum atomic E-state index is 0.167. The molecule has 98 valence electrons. The summed E-state index contributed by atoms with van der Waals surface area (Å²) in [6.07, 6.45) is 0. The van der Waals surface area contributed by atoms with E-state index in [9.17, 15) is 0 Å². The van der Waals surface area contributed by atoms with Gasteiger partial charge < -0.3 is 14.4 Å². The van der Waals surface area contributed by atoms with Gasteiger partial charge >= 0.3 is 0 Å². The molecule has 3 heteroatoms. The highest BCUT2D eigenvalue weighted by Crippen LogP contribution is 2.38. The summed E-state index contributed by atoms with van der Waals surface area (Å²) < 4.78 is 11.4. The molecule has 0 amide bonds. The second-order valence-electron chi connectivity index (χ2n) is 6.17. The summed E-state index contributed by atoms with van der Waals surface area (Å²) in [6.45, 7) is 9.99. The highest BCUT2D eigenvalue weighted by atomic mass is 16.5. The maximum atomic E-state index is 5.91. The van der Waals surface area contributed by atoms with Crippen LogP contribution in [0.25, 0.3) is 0 Å². The van der Waals surface area contributed by atoms with Crippen LogP contribution in [0.4, 0.5) is 5.69 Å². The number of hydrogen-bond acceptors (Lipinski definition) is 3. The molecule has 3 nitrogen and oxygen atoms in total. The molecule has 0 aromatic heterocycles. The van der Waals surface area contributed by atoms with Crippen molar-refractivity contribution in [3.05, 3.63) is 23.8 Å². The average Bonchev–Trinajstić information content (AvgIpc) is 2.37. The van der Waals surface area contributed by atoms with Crippen LogP contribution < -0.4 is 9.64 Å². The molecule has 0 N–H and O–H groups in total. The first-order valence-electron chi connectivity index (χ1n) is 6.67. The predicted octanol–water partition coefficient (Wildman–Crippen LogP) is 2.58. The Kier molecular flexibility index (Phi) is 2.74. The van der Waals surface area contributed by atoms with Crippen molar-refractivity contribution in [1.29, 1.82) is 0 Å². The van der Waals surface area contributed by atoms with Gasteiger partial charge in [-0.15, -0.1) is 0 Å². The van der Waals surface area contributed by atoms with E-state index in [-0.39, 0.29) is 5.41 Å². The molecule has 1 saturated heterocycles. The minimum absolute atomic E-state index is 0.167. The number of morpholine rings is 1. The predicted molar refractivity (Wildman–Crippen MR) is 72.6 cm³/mol. The average molecular weight is 247 g/mol. The summed E-state index contributed by atoms with van der Waals surface area (Å²) in [7, 11) is 0. The Bertz CT molecular complexity index is 450. The van der Waals surface area contributed by atoms with Crippen molar-refractivity contribution < 1.29 is 9.47 Å². The molecule has 0 spiro atoms. The Balaban J connectivity index is 1.96. The molecule has 0 saturated carbocycles. The lowest BCUT2D eigenvalue weighted by Gasteiger charge is -2.41. The van der Waals surface area contributed by atoms with Crippen molar-refractivity contribution in [2.75, 3.05) is 31.3 Å². The molecule has 3 rings (SSSR count). The topological polar surface area (TPSA) is 21.7 Å². The molecule has 1 aromatic rings. The Morgan fingerprint density at radius 3 is 2.83 bits per heavy atom. The normalized spacial score (nSPS) is 23.1. The highest BCUT2D eigenvalue weighted by molar-refractivity contribution is 5.62. The first-order valence-corrected chi connectivity index (χ1v) is 6.67. The van der Waals surface area contributed by atoms with E-state index in [4.69, 9.17) is 9.47 Å². The van der Waals surface area contributed by atoms with Crippen LogP contribution in [-0.2, 0) is 10.2 Å². The zero-order valence-corrected chi connectivity index (χ0v) is 11.4. The van der Waals surface area contributed by atoms with Gasteiger partial charge in [0.15, 0.2) is 0 Å². The number of rotatable bonds is 0. The SMILES string of the molecule is CC(C)(C)c1ccc2c(c1)OCC1COCCN21. The van der Waals surface area contributed by atoms with Gasteiger partial charge in [-0.05, 0) is 23.1 Å². The van der Waals surface area contributed by atoms with Crippen LogP contribution in [0.3, 0.4) is 0 Å². The fraction of sp³-hybridized carbons (Fsp3) is 0.600. The van der Waals surface area contributed by atoms with Crippen LogP contribution in [-0.4, -0.2) is 32.4 Å². The van der Waals surface area contributed by atoms with Gasteiger partial charge in [0.05, 0.1) is 24.9 Å². The molecule has 1 fully saturated rings. The number of benzene rings is 1. The molecular weight excluding hydrogens is 226 g/mol. The lowest BCUT2D eigenvalue weighted by Crippen LogP contribution is -2.51. The summed E-state index contributed by atoms with van der Waals surface area (Å²) >= 11 is 0. The number of nitrogens with zero attached hydrogens (tertiary/aromatic N) is 1. The maximum absolute atomic E-state index is 5.91. The van der Waals surface area contributed by atoms with Gasteiger partial charge in [-0.25, -0.2) is 0 Å². The number of ether oxygens (including phenoxy) is 2. The summed E-state index contributed by atoms with van der Waals surface area (Å²) in [4.78, 5) is 2.43. The second-order valence-corrected chi connectivity index (χ2v) is 6.17. The van der Waals surface area contributed by atoms with Gasteiger partial charge in [-0.2, -0.15) is 0 Å². The quantitative estimate of drug-likeness (QED) is 0.703. The minimum Gasteiger partial charge on any atom is -0.489 e. The van der Waals surface area contributed by atoms with Crippen molar-refractivity contribution in [1.82, 2.24) is 0 Å². The van der Waals surface area contributed by atoms with E-state index in [1.165, 1.54) is 11.3 Å². The Hall–Kier alpha value is -1.22. The maximum Gasteiger partial charge on any atom is 0.143 e. The molecule has 0 aliphatic carbocycles. The van der Waals surface area contributed by atoms with Crippen LogP contribution in [0, 0.1) is 0 Å². The van der Waals surface area contributed by atoms with Crippen LogP contribution in [0.2, 0.25) is 0 Å². The van der Waals surface area contributed by atoms with Crippen LogP contribution >= 0.6 is 0 Å². The molecular formula is C15H21NO2. The molecule has 2 aliphatic heterocycles. The molecule has 2 heterocycles. The summed E-state index contributed by atoms with van der Waals surface area (Å²) in [5, 5.41) is 0. The third-order valence-electron chi connectivity index (χ3n) is 3.79. The molecule has 1 atom stereocenters. The third kappa shape index (κ3) is 1.97. The smallest absolute Gasteiger partial charge is 0.143 e. The summed E-state index contributed by atoms with van der Waals surface area (Å²) in [5.41, 5.74) is 2.72. The Labute approximate surface area is 109 Å². The molecule has 1 unspecified atom stereocenters.